The first kappa shape index (κ1) is 16.7. The maximum Gasteiger partial charge on any atom is 0.119 e. The van der Waals surface area contributed by atoms with Gasteiger partial charge in [-0.15, -0.1) is 0 Å². The fraction of sp³-hybridized carbons (Fsp3) is 0.667. The Labute approximate surface area is 138 Å². The molecule has 2 saturated heterocycles. The van der Waals surface area contributed by atoms with Crippen molar-refractivity contribution in [2.45, 2.75) is 25.0 Å². The second-order valence-electron chi connectivity index (χ2n) is 6.51. The molecular weight excluding hydrogens is 292 g/mol. The summed E-state index contributed by atoms with van der Waals surface area (Å²) in [5.74, 6) is 0.813. The summed E-state index contributed by atoms with van der Waals surface area (Å²) in [6.45, 7) is 7.16. The van der Waals surface area contributed by atoms with Crippen molar-refractivity contribution in [3.63, 3.8) is 0 Å². The number of ether oxygens (including phenoxy) is 2. The molecule has 1 aromatic carbocycles. The Morgan fingerprint density at radius 3 is 2.57 bits per heavy atom. The summed E-state index contributed by atoms with van der Waals surface area (Å²) in [6.07, 6.45) is 2.40. The molecule has 0 bridgehead atoms. The zero-order valence-electron chi connectivity index (χ0n) is 13.8. The molecule has 0 unspecified atom stereocenters. The van der Waals surface area contributed by atoms with Crippen molar-refractivity contribution < 1.29 is 14.6 Å². The molecule has 1 N–H and O–H groups in total. The minimum Gasteiger partial charge on any atom is -0.491 e. The van der Waals surface area contributed by atoms with Crippen LogP contribution in [-0.4, -0.2) is 79.6 Å². The van der Waals surface area contributed by atoms with Crippen molar-refractivity contribution in [3.8, 4) is 5.75 Å². The standard InChI is InChI=1S/C18H28N2O3/c21-16(15-23-17-5-2-1-3-6-17)13-19-8-10-20(11-9-19)14-18-7-4-12-22-18/h1-3,5-6,16,18,21H,4,7-15H2/t16-,18+/m0/s1. The van der Waals surface area contributed by atoms with Crippen LogP contribution in [0.25, 0.3) is 0 Å². The Kier molecular flexibility index (Phi) is 6.28. The molecule has 1 aromatic rings. The van der Waals surface area contributed by atoms with Crippen LogP contribution < -0.4 is 4.74 Å². The summed E-state index contributed by atoms with van der Waals surface area (Å²) in [6, 6.07) is 9.66. The number of hydrogen-bond acceptors (Lipinski definition) is 5. The Balaban J connectivity index is 1.31. The van der Waals surface area contributed by atoms with E-state index in [0.717, 1.165) is 45.1 Å². The highest BCUT2D eigenvalue weighted by Gasteiger charge is 2.23. The van der Waals surface area contributed by atoms with Gasteiger partial charge in [0.15, 0.2) is 0 Å². The molecule has 2 atom stereocenters. The number of aliphatic hydroxyl groups excluding tert-OH is 1. The van der Waals surface area contributed by atoms with Crippen molar-refractivity contribution >= 4 is 0 Å². The number of piperazine rings is 1. The topological polar surface area (TPSA) is 45.2 Å². The van der Waals surface area contributed by atoms with Crippen LogP contribution >= 0.6 is 0 Å². The number of β-amino-alcohol motifs (C(OH)–C–C–N with tert-alkyl or cyclic N) is 1. The number of rotatable bonds is 7. The maximum atomic E-state index is 10.2. The molecule has 23 heavy (non-hydrogen) atoms. The Morgan fingerprint density at radius 1 is 1.13 bits per heavy atom. The van der Waals surface area contributed by atoms with Gasteiger partial charge < -0.3 is 14.6 Å². The van der Waals surface area contributed by atoms with Crippen molar-refractivity contribution in [1.29, 1.82) is 0 Å². The third-order valence-electron chi connectivity index (χ3n) is 4.61. The van der Waals surface area contributed by atoms with Crippen LogP contribution in [0.1, 0.15) is 12.8 Å². The zero-order valence-corrected chi connectivity index (χ0v) is 13.8. The van der Waals surface area contributed by atoms with Crippen LogP contribution in [0, 0.1) is 0 Å². The summed E-state index contributed by atoms with van der Waals surface area (Å²) in [5.41, 5.74) is 0. The Bertz CT molecular complexity index is 443. The summed E-state index contributed by atoms with van der Waals surface area (Å²) in [4.78, 5) is 4.81. The largest absolute Gasteiger partial charge is 0.491 e. The molecule has 0 saturated carbocycles. The second kappa shape index (κ2) is 8.64. The monoisotopic (exact) mass is 320 g/mol. The molecule has 5 nitrogen and oxygen atoms in total. The van der Waals surface area contributed by atoms with E-state index >= 15 is 0 Å². The second-order valence-corrected chi connectivity index (χ2v) is 6.51. The van der Waals surface area contributed by atoms with E-state index < -0.39 is 6.10 Å². The van der Waals surface area contributed by atoms with Crippen molar-refractivity contribution in [1.82, 2.24) is 9.80 Å². The molecular formula is C18H28N2O3. The Hall–Kier alpha value is -1.14. The van der Waals surface area contributed by atoms with Gasteiger partial charge in [0.05, 0.1) is 6.10 Å². The van der Waals surface area contributed by atoms with Crippen LogP contribution in [0.4, 0.5) is 0 Å². The fourth-order valence-corrected chi connectivity index (χ4v) is 3.29. The van der Waals surface area contributed by atoms with Gasteiger partial charge in [-0.1, -0.05) is 18.2 Å². The van der Waals surface area contributed by atoms with Gasteiger partial charge in [0.25, 0.3) is 0 Å². The number of hydrogen-bond donors (Lipinski definition) is 1. The minimum atomic E-state index is -0.445. The van der Waals surface area contributed by atoms with Gasteiger partial charge in [0.2, 0.25) is 0 Å². The molecule has 0 aromatic heterocycles. The number of aliphatic hydroxyl groups is 1. The molecule has 5 heteroatoms. The lowest BCUT2D eigenvalue weighted by Gasteiger charge is -2.36. The van der Waals surface area contributed by atoms with E-state index in [1.165, 1.54) is 12.8 Å². The van der Waals surface area contributed by atoms with E-state index in [2.05, 4.69) is 9.80 Å². The first-order chi connectivity index (χ1) is 11.3. The first-order valence-electron chi connectivity index (χ1n) is 8.72. The summed E-state index contributed by atoms with van der Waals surface area (Å²) in [5, 5.41) is 10.2. The third-order valence-corrected chi connectivity index (χ3v) is 4.61. The molecule has 0 spiro atoms. The van der Waals surface area contributed by atoms with Crippen LogP contribution in [0.15, 0.2) is 30.3 Å². The van der Waals surface area contributed by atoms with Crippen molar-refractivity contribution in [2.75, 3.05) is 52.5 Å². The molecule has 0 amide bonds. The third kappa shape index (κ3) is 5.46. The predicted molar refractivity (Wildman–Crippen MR) is 89.8 cm³/mol. The van der Waals surface area contributed by atoms with E-state index in [9.17, 15) is 5.11 Å². The van der Waals surface area contributed by atoms with E-state index in [1.807, 2.05) is 30.3 Å². The molecule has 2 heterocycles. The van der Waals surface area contributed by atoms with Gasteiger partial charge in [-0.25, -0.2) is 0 Å². The maximum absolute atomic E-state index is 10.2. The van der Waals surface area contributed by atoms with Crippen molar-refractivity contribution in [3.05, 3.63) is 30.3 Å². The molecule has 3 rings (SSSR count). The van der Waals surface area contributed by atoms with Crippen LogP contribution in [-0.2, 0) is 4.74 Å². The van der Waals surface area contributed by atoms with E-state index in [1.54, 1.807) is 0 Å². The van der Waals surface area contributed by atoms with Crippen LogP contribution in [0.2, 0.25) is 0 Å². The van der Waals surface area contributed by atoms with Crippen LogP contribution in [0.3, 0.4) is 0 Å². The van der Waals surface area contributed by atoms with Gasteiger partial charge in [0.1, 0.15) is 18.5 Å². The van der Waals surface area contributed by atoms with E-state index in [-0.39, 0.29) is 0 Å². The highest BCUT2D eigenvalue weighted by atomic mass is 16.5. The number of benzene rings is 1. The highest BCUT2D eigenvalue weighted by Crippen LogP contribution is 2.14. The number of nitrogens with zero attached hydrogens (tertiary/aromatic N) is 2. The average molecular weight is 320 g/mol. The lowest BCUT2D eigenvalue weighted by atomic mass is 10.2. The summed E-state index contributed by atoms with van der Waals surface area (Å²) < 4.78 is 11.3. The molecule has 2 fully saturated rings. The summed E-state index contributed by atoms with van der Waals surface area (Å²) in [7, 11) is 0. The molecule has 128 valence electrons. The van der Waals surface area contributed by atoms with Gasteiger partial charge in [-0.3, -0.25) is 9.80 Å². The first-order valence-corrected chi connectivity index (χ1v) is 8.72. The zero-order chi connectivity index (χ0) is 15.9. The minimum absolute atomic E-state index is 0.347. The van der Waals surface area contributed by atoms with Crippen LogP contribution in [0.5, 0.6) is 5.75 Å². The van der Waals surface area contributed by atoms with Gasteiger partial charge in [-0.05, 0) is 25.0 Å². The quantitative estimate of drug-likeness (QED) is 0.818. The Morgan fingerprint density at radius 2 is 1.87 bits per heavy atom. The predicted octanol–water partition coefficient (Wildman–Crippen LogP) is 1.22. The molecule has 0 radical (unpaired) electrons. The lowest BCUT2D eigenvalue weighted by Crippen LogP contribution is -2.50. The molecule has 2 aliphatic rings. The number of para-hydroxylation sites is 1. The summed E-state index contributed by atoms with van der Waals surface area (Å²) >= 11 is 0. The van der Waals surface area contributed by atoms with Gasteiger partial charge in [0, 0.05) is 45.9 Å². The van der Waals surface area contributed by atoms with Gasteiger partial charge in [-0.2, -0.15) is 0 Å². The normalized spacial score (nSPS) is 24.7. The molecule has 0 aliphatic carbocycles. The smallest absolute Gasteiger partial charge is 0.119 e. The fourth-order valence-electron chi connectivity index (χ4n) is 3.29. The van der Waals surface area contributed by atoms with E-state index in [4.69, 9.17) is 9.47 Å². The highest BCUT2D eigenvalue weighted by molar-refractivity contribution is 5.20. The SMILES string of the molecule is O[C@H](COc1ccccc1)CN1CCN(C[C@H]2CCCO2)CC1. The van der Waals surface area contributed by atoms with Crippen molar-refractivity contribution in [2.24, 2.45) is 0 Å². The lowest BCUT2D eigenvalue weighted by molar-refractivity contribution is 0.0263. The molecule has 2 aliphatic heterocycles. The van der Waals surface area contributed by atoms with Gasteiger partial charge >= 0.3 is 0 Å². The van der Waals surface area contributed by atoms with E-state index in [0.29, 0.717) is 19.3 Å². The average Bonchev–Trinajstić information content (AvgIpc) is 3.09.